The van der Waals surface area contributed by atoms with E-state index in [1.807, 2.05) is 6.92 Å². The van der Waals surface area contributed by atoms with E-state index in [9.17, 15) is 24.0 Å². The number of hydrogen-bond donors (Lipinski definition) is 12. The highest BCUT2D eigenvalue weighted by molar-refractivity contribution is 5.74. The second-order valence-electron chi connectivity index (χ2n) is 18.8. The fraction of sp³-hybridized carbons (Fsp3) is 0.898. The molecule has 0 radical (unpaired) electrons. The van der Waals surface area contributed by atoms with Gasteiger partial charge in [-0.3, -0.25) is 26.1 Å². The Balaban J connectivity index is -0.000000247. The number of aliphatic carboxylic acids is 3. The third-order valence-electron chi connectivity index (χ3n) is 12.5. The predicted octanol–water partition coefficient (Wildman–Crippen LogP) is 4.81. The van der Waals surface area contributed by atoms with Crippen LogP contribution in [-0.2, 0) is 24.0 Å². The van der Waals surface area contributed by atoms with Crippen molar-refractivity contribution in [1.29, 1.82) is 0 Å². The maximum absolute atomic E-state index is 10.2. The minimum atomic E-state index is -1.39. The molecule has 2 aliphatic rings. The van der Waals surface area contributed by atoms with Gasteiger partial charge in [-0.25, -0.2) is 19.6 Å². The van der Waals surface area contributed by atoms with Crippen molar-refractivity contribution in [2.24, 2.45) is 49.8 Å². The van der Waals surface area contributed by atoms with Crippen LogP contribution in [0.3, 0.4) is 0 Å². The second-order valence-corrected chi connectivity index (χ2v) is 18.8. The molecular formula is C49H99N5O15. The van der Waals surface area contributed by atoms with Crippen LogP contribution in [0, 0.1) is 28.1 Å². The van der Waals surface area contributed by atoms with Gasteiger partial charge in [-0.15, -0.1) is 0 Å². The fourth-order valence-electron chi connectivity index (χ4n) is 6.64. The van der Waals surface area contributed by atoms with Crippen molar-refractivity contribution in [2.75, 3.05) is 65.9 Å². The van der Waals surface area contributed by atoms with Gasteiger partial charge < -0.3 is 56.0 Å². The Morgan fingerprint density at radius 1 is 0.522 bits per heavy atom. The number of aliphatic hydroxyl groups excluding tert-OH is 7. The summed E-state index contributed by atoms with van der Waals surface area (Å²) < 4.78 is 0. The number of rotatable bonds is 27. The highest BCUT2D eigenvalue weighted by Crippen LogP contribution is 2.36. The summed E-state index contributed by atoms with van der Waals surface area (Å²) in [5.74, 6) is 6.98. The molecule has 0 amide bonds. The van der Waals surface area contributed by atoms with Crippen LogP contribution in [0.5, 0.6) is 0 Å². The van der Waals surface area contributed by atoms with Gasteiger partial charge >= 0.3 is 17.9 Å². The molecule has 0 heterocycles. The molecule has 0 bridgehead atoms. The van der Waals surface area contributed by atoms with Gasteiger partial charge in [0, 0.05) is 23.7 Å². The lowest BCUT2D eigenvalue weighted by atomic mass is 9.76. The number of nitrogens with two attached hydrogens (primary N) is 2. The first kappa shape index (κ1) is 74.7. The van der Waals surface area contributed by atoms with E-state index in [-0.39, 0.29) is 63.4 Å². The first-order chi connectivity index (χ1) is 32.7. The van der Waals surface area contributed by atoms with E-state index in [0.29, 0.717) is 6.42 Å². The smallest absolute Gasteiger partial charge is 0.314 e. The number of carboxylic acid groups (broad SMARTS) is 3. The number of carbonyl (C=O) groups excluding carboxylic acids is 2. The van der Waals surface area contributed by atoms with Gasteiger partial charge in [0.05, 0.1) is 58.3 Å². The number of carboxylic acids is 3. The van der Waals surface area contributed by atoms with Gasteiger partial charge in [-0.1, -0.05) is 80.1 Å². The fourth-order valence-corrected chi connectivity index (χ4v) is 6.64. The molecule has 2 saturated carbocycles. The van der Waals surface area contributed by atoms with Gasteiger partial charge in [0.25, 0.3) is 0 Å². The third-order valence-corrected chi connectivity index (χ3v) is 12.5. The normalized spacial score (nSPS) is 17.4. The Bertz CT molecular complexity index is 1200. The zero-order valence-electron chi connectivity index (χ0n) is 43.5. The minimum absolute atomic E-state index is 0.0451. The molecule has 0 aromatic heterocycles. The summed E-state index contributed by atoms with van der Waals surface area (Å²) in [6.07, 6.45) is 22.7. The zero-order valence-corrected chi connectivity index (χ0v) is 43.5. The molecule has 0 atom stereocenters. The molecule has 0 aromatic carbocycles. The predicted molar refractivity (Wildman–Crippen MR) is 267 cm³/mol. The number of aliphatic imine (C=N–C) groups is 2. The second kappa shape index (κ2) is 49.7. The Hall–Kier alpha value is -3.23. The number of unbranched alkanes of at least 4 members (excludes halogenated alkanes) is 7. The molecule has 20 heteroatoms. The number of hydrazine groups is 1. The number of hydrogen-bond acceptors (Lipinski definition) is 17. The van der Waals surface area contributed by atoms with E-state index >= 15 is 0 Å². The molecular weight excluding hydrogens is 899 g/mol. The highest BCUT2D eigenvalue weighted by Gasteiger charge is 2.31. The van der Waals surface area contributed by atoms with Crippen molar-refractivity contribution in [1.82, 2.24) is 4.90 Å². The van der Waals surface area contributed by atoms with Gasteiger partial charge in [0.15, 0.2) is 0 Å². The minimum Gasteiger partial charge on any atom is -0.481 e. The van der Waals surface area contributed by atoms with Gasteiger partial charge in [-0.2, -0.15) is 0 Å². The average molecular weight is 998 g/mol. The van der Waals surface area contributed by atoms with Gasteiger partial charge in [0.1, 0.15) is 5.41 Å². The molecule has 14 N–H and O–H groups in total. The van der Waals surface area contributed by atoms with Gasteiger partial charge in [0.2, 0.25) is 12.2 Å². The quantitative estimate of drug-likeness (QED) is 0.0173. The van der Waals surface area contributed by atoms with E-state index in [4.69, 9.17) is 51.1 Å². The number of nitrogens with zero attached hydrogens (tertiary/aromatic N) is 3. The van der Waals surface area contributed by atoms with Crippen LogP contribution in [0.25, 0.3) is 0 Å². The van der Waals surface area contributed by atoms with Crippen LogP contribution in [0.2, 0.25) is 0 Å². The maximum atomic E-state index is 10.2. The van der Waals surface area contributed by atoms with E-state index < -0.39 is 42.0 Å². The Kier molecular flexibility index (Phi) is 53.9. The molecule has 2 rings (SSSR count). The van der Waals surface area contributed by atoms with Crippen LogP contribution in [0.1, 0.15) is 177 Å². The Morgan fingerprint density at radius 2 is 0.826 bits per heavy atom. The molecule has 20 nitrogen and oxygen atoms in total. The van der Waals surface area contributed by atoms with Crippen LogP contribution in [-0.4, -0.2) is 164 Å². The molecule has 0 spiro atoms. The summed E-state index contributed by atoms with van der Waals surface area (Å²) in [4.78, 5) is 61.1. The van der Waals surface area contributed by atoms with Gasteiger partial charge in [-0.05, 0) is 115 Å². The SMILES string of the molecule is CC(C)(CO)CO.CC(CO)(CO)C(=O)O.CCC(CO)(CO)CO.CCN(CC)CC.NN.O=C(O)CCCCCCCCCCC(=O)O.O=C=NC1CCC(CC2CCC(N=C=O)CC2)CC1. The molecule has 0 unspecified atom stereocenters. The van der Waals surface area contributed by atoms with Crippen LogP contribution < -0.4 is 11.7 Å². The maximum Gasteiger partial charge on any atom is 0.314 e. The van der Waals surface area contributed by atoms with E-state index in [1.54, 1.807) is 26.0 Å². The lowest BCUT2D eigenvalue weighted by Gasteiger charge is -2.31. The first-order valence-corrected chi connectivity index (χ1v) is 24.8. The van der Waals surface area contributed by atoms with Crippen molar-refractivity contribution < 1.29 is 75.0 Å². The van der Waals surface area contributed by atoms with Crippen LogP contribution in [0.4, 0.5) is 0 Å². The molecule has 0 aliphatic heterocycles. The zero-order chi connectivity index (χ0) is 54.2. The van der Waals surface area contributed by atoms with Crippen molar-refractivity contribution >= 4 is 30.1 Å². The first-order valence-electron chi connectivity index (χ1n) is 24.8. The highest BCUT2D eigenvalue weighted by atomic mass is 16.4. The summed E-state index contributed by atoms with van der Waals surface area (Å²) in [5.41, 5.74) is -2.36. The topological polar surface area (TPSA) is 368 Å². The summed E-state index contributed by atoms with van der Waals surface area (Å²) >= 11 is 0. The van der Waals surface area contributed by atoms with E-state index in [0.717, 1.165) is 88.9 Å². The lowest BCUT2D eigenvalue weighted by molar-refractivity contribution is -0.153. The summed E-state index contributed by atoms with van der Waals surface area (Å²) in [6, 6.07) is 0.456. The number of isocyanates is 2. The molecule has 0 saturated heterocycles. The van der Waals surface area contributed by atoms with Crippen LogP contribution >= 0.6 is 0 Å². The largest absolute Gasteiger partial charge is 0.481 e. The molecule has 0 aromatic rings. The monoisotopic (exact) mass is 998 g/mol. The summed E-state index contributed by atoms with van der Waals surface area (Å²) in [5, 5.41) is 84.8. The standard InChI is InChI=1S/C15H22N2O2.C12H22O4.C6H15N.C6H14O3.C5H10O4.C5H12O2.H4N2/c18-10-16-14-5-1-12(2-6-14)9-13-3-7-15(8-4-13)17-11-19;13-11(14)9-7-5-3-1-2-4-6-8-10-12(15)16;1-4-7(5-2)6-3;1-2-6(3-7,4-8)5-9;1-5(2-6,3-7)4(8)9;1-5(2,3-6)4-7;1-2/h12-15H,1-9H2;1-10H2,(H,13,14)(H,15,16);4-6H2,1-3H3;7-9H,2-5H2,1H3;6-7H,2-3H2,1H3,(H,8,9);6-7H,3-4H2,1-2H3;1-2H2. The van der Waals surface area contributed by atoms with E-state index in [1.165, 1.54) is 58.7 Å². The molecule has 2 aliphatic carbocycles. The molecule has 2 fully saturated rings. The number of aliphatic hydroxyl groups is 7. The summed E-state index contributed by atoms with van der Waals surface area (Å²) in [6.45, 7) is 15.4. The molecule has 410 valence electrons. The Labute approximate surface area is 413 Å². The van der Waals surface area contributed by atoms with Crippen molar-refractivity contribution in [3.63, 3.8) is 0 Å². The van der Waals surface area contributed by atoms with Crippen molar-refractivity contribution in [2.45, 2.75) is 189 Å². The van der Waals surface area contributed by atoms with Crippen molar-refractivity contribution in [3.05, 3.63) is 0 Å². The van der Waals surface area contributed by atoms with Crippen LogP contribution in [0.15, 0.2) is 9.98 Å². The molecule has 69 heavy (non-hydrogen) atoms. The average Bonchev–Trinajstić information content (AvgIpc) is 3.36. The lowest BCUT2D eigenvalue weighted by Crippen LogP contribution is -2.35. The Morgan fingerprint density at radius 3 is 0.971 bits per heavy atom. The third kappa shape index (κ3) is 44.5. The van der Waals surface area contributed by atoms with E-state index in [2.05, 4.69) is 47.3 Å². The summed E-state index contributed by atoms with van der Waals surface area (Å²) in [7, 11) is 0. The van der Waals surface area contributed by atoms with Crippen molar-refractivity contribution in [3.8, 4) is 0 Å². The number of carbonyl (C=O) groups is 3.